The van der Waals surface area contributed by atoms with E-state index in [0.717, 1.165) is 5.56 Å². The summed E-state index contributed by atoms with van der Waals surface area (Å²) in [4.78, 5) is 18.0. The summed E-state index contributed by atoms with van der Waals surface area (Å²) in [7, 11) is 1.34. The van der Waals surface area contributed by atoms with Crippen LogP contribution in [-0.4, -0.2) is 41.2 Å². The molecule has 1 heterocycles. The maximum absolute atomic E-state index is 13.4. The van der Waals surface area contributed by atoms with Crippen molar-refractivity contribution in [3.05, 3.63) is 59.7 Å². The lowest BCUT2D eigenvalue weighted by molar-refractivity contribution is 0.0707. The molecule has 1 aromatic heterocycles. The Morgan fingerprint density at radius 1 is 1.41 bits per heavy atom. The van der Waals surface area contributed by atoms with Crippen LogP contribution in [0.2, 0.25) is 0 Å². The van der Waals surface area contributed by atoms with Crippen LogP contribution < -0.4 is 4.74 Å². The number of methoxy groups -OCH3 is 1. The molecule has 0 fully saturated rings. The highest BCUT2D eigenvalue weighted by molar-refractivity contribution is 5.94. The predicted molar refractivity (Wildman–Crippen MR) is 79.0 cm³/mol. The number of hydrogen-bond donors (Lipinski definition) is 1. The van der Waals surface area contributed by atoms with Crippen LogP contribution in [0.5, 0.6) is 5.75 Å². The van der Waals surface area contributed by atoms with Gasteiger partial charge in [-0.25, -0.2) is 4.39 Å². The van der Waals surface area contributed by atoms with Gasteiger partial charge in [-0.05, 0) is 29.8 Å². The molecule has 0 spiro atoms. The second-order valence-electron chi connectivity index (χ2n) is 4.66. The van der Waals surface area contributed by atoms with E-state index < -0.39 is 5.82 Å². The Hall–Kier alpha value is -2.47. The molecule has 2 aromatic rings. The second kappa shape index (κ2) is 7.51. The third kappa shape index (κ3) is 3.79. The standard InChI is InChI=1S/C16H17FN2O3/c1-22-15-9-13(4-5-14(15)17)16(21)19(7-8-20)11-12-3-2-6-18-10-12/h2-6,9-10,20H,7-8,11H2,1H3. The zero-order valence-electron chi connectivity index (χ0n) is 12.2. The Kier molecular flexibility index (Phi) is 5.43. The normalized spacial score (nSPS) is 10.3. The molecule has 0 aliphatic carbocycles. The van der Waals surface area contributed by atoms with E-state index >= 15 is 0 Å². The number of benzene rings is 1. The first-order valence-electron chi connectivity index (χ1n) is 6.78. The molecular formula is C16H17FN2O3. The number of carbonyl (C=O) groups is 1. The minimum Gasteiger partial charge on any atom is -0.494 e. The largest absolute Gasteiger partial charge is 0.494 e. The van der Waals surface area contributed by atoms with E-state index in [4.69, 9.17) is 9.84 Å². The van der Waals surface area contributed by atoms with E-state index in [0.29, 0.717) is 12.1 Å². The van der Waals surface area contributed by atoms with Crippen LogP contribution in [0.3, 0.4) is 0 Å². The highest BCUT2D eigenvalue weighted by Gasteiger charge is 2.17. The highest BCUT2D eigenvalue weighted by atomic mass is 19.1. The lowest BCUT2D eigenvalue weighted by atomic mass is 10.1. The number of carbonyl (C=O) groups excluding carboxylic acids is 1. The van der Waals surface area contributed by atoms with E-state index in [1.807, 2.05) is 6.07 Å². The number of aliphatic hydroxyl groups is 1. The van der Waals surface area contributed by atoms with Crippen molar-refractivity contribution < 1.29 is 19.0 Å². The van der Waals surface area contributed by atoms with Gasteiger partial charge in [-0.1, -0.05) is 6.07 Å². The summed E-state index contributed by atoms with van der Waals surface area (Å²) >= 11 is 0. The van der Waals surface area contributed by atoms with Gasteiger partial charge < -0.3 is 14.7 Å². The van der Waals surface area contributed by atoms with Gasteiger partial charge in [0.15, 0.2) is 11.6 Å². The molecular weight excluding hydrogens is 287 g/mol. The summed E-state index contributed by atoms with van der Waals surface area (Å²) in [5, 5.41) is 9.16. The van der Waals surface area contributed by atoms with Crippen LogP contribution in [0.1, 0.15) is 15.9 Å². The second-order valence-corrected chi connectivity index (χ2v) is 4.66. The Labute approximate surface area is 128 Å². The van der Waals surface area contributed by atoms with Gasteiger partial charge in [0, 0.05) is 31.0 Å². The fourth-order valence-electron chi connectivity index (χ4n) is 2.06. The summed E-state index contributed by atoms with van der Waals surface area (Å²) in [5.41, 5.74) is 1.15. The smallest absolute Gasteiger partial charge is 0.254 e. The third-order valence-electron chi connectivity index (χ3n) is 3.15. The van der Waals surface area contributed by atoms with Crippen molar-refractivity contribution in [3.8, 4) is 5.75 Å². The van der Waals surface area contributed by atoms with Gasteiger partial charge in [-0.3, -0.25) is 9.78 Å². The maximum atomic E-state index is 13.4. The molecule has 1 N–H and O–H groups in total. The molecule has 0 aliphatic heterocycles. The maximum Gasteiger partial charge on any atom is 0.254 e. The molecule has 1 amide bonds. The van der Waals surface area contributed by atoms with Crippen molar-refractivity contribution in [2.24, 2.45) is 0 Å². The molecule has 5 nitrogen and oxygen atoms in total. The Bertz CT molecular complexity index is 635. The monoisotopic (exact) mass is 304 g/mol. The molecule has 0 atom stereocenters. The molecule has 0 bridgehead atoms. The van der Waals surface area contributed by atoms with Gasteiger partial charge in [0.2, 0.25) is 0 Å². The van der Waals surface area contributed by atoms with E-state index in [2.05, 4.69) is 4.98 Å². The van der Waals surface area contributed by atoms with Gasteiger partial charge in [-0.15, -0.1) is 0 Å². The average Bonchev–Trinajstić information content (AvgIpc) is 2.55. The molecule has 0 unspecified atom stereocenters. The van der Waals surface area contributed by atoms with Crippen molar-refractivity contribution >= 4 is 5.91 Å². The molecule has 1 aromatic carbocycles. The van der Waals surface area contributed by atoms with E-state index in [-0.39, 0.29) is 24.8 Å². The molecule has 0 aliphatic rings. The van der Waals surface area contributed by atoms with Gasteiger partial charge in [0.25, 0.3) is 5.91 Å². The van der Waals surface area contributed by atoms with Crippen molar-refractivity contribution in [2.75, 3.05) is 20.3 Å². The van der Waals surface area contributed by atoms with Crippen LogP contribution in [0.4, 0.5) is 4.39 Å². The minimum absolute atomic E-state index is 0.0103. The SMILES string of the molecule is COc1cc(C(=O)N(CCO)Cc2cccnc2)ccc1F. The average molecular weight is 304 g/mol. The van der Waals surface area contributed by atoms with Crippen molar-refractivity contribution in [1.29, 1.82) is 0 Å². The molecule has 2 rings (SSSR count). The number of aliphatic hydroxyl groups excluding tert-OH is 1. The molecule has 6 heteroatoms. The number of pyridine rings is 1. The Morgan fingerprint density at radius 3 is 2.86 bits per heavy atom. The van der Waals surface area contributed by atoms with Gasteiger partial charge in [0.05, 0.1) is 13.7 Å². The lowest BCUT2D eigenvalue weighted by Crippen LogP contribution is -2.33. The molecule has 116 valence electrons. The first-order chi connectivity index (χ1) is 10.7. The van der Waals surface area contributed by atoms with Gasteiger partial charge in [-0.2, -0.15) is 0 Å². The number of ether oxygens (including phenoxy) is 1. The zero-order chi connectivity index (χ0) is 15.9. The van der Waals surface area contributed by atoms with E-state index in [1.165, 1.54) is 30.2 Å². The summed E-state index contributed by atoms with van der Waals surface area (Å²) < 4.78 is 18.3. The number of nitrogens with zero attached hydrogens (tertiary/aromatic N) is 2. The first kappa shape index (κ1) is 15.9. The third-order valence-corrected chi connectivity index (χ3v) is 3.15. The quantitative estimate of drug-likeness (QED) is 0.885. The highest BCUT2D eigenvalue weighted by Crippen LogP contribution is 2.20. The molecule has 0 radical (unpaired) electrons. The van der Waals surface area contributed by atoms with Crippen molar-refractivity contribution in [1.82, 2.24) is 9.88 Å². The van der Waals surface area contributed by atoms with Crippen LogP contribution in [0, 0.1) is 5.82 Å². The number of amides is 1. The molecule has 0 saturated carbocycles. The first-order valence-corrected chi connectivity index (χ1v) is 6.78. The fourth-order valence-corrected chi connectivity index (χ4v) is 2.06. The minimum atomic E-state index is -0.528. The Balaban J connectivity index is 2.22. The van der Waals surface area contributed by atoms with Gasteiger partial charge in [0.1, 0.15) is 0 Å². The Morgan fingerprint density at radius 2 is 2.23 bits per heavy atom. The topological polar surface area (TPSA) is 62.7 Å². The van der Waals surface area contributed by atoms with Crippen LogP contribution >= 0.6 is 0 Å². The molecule has 22 heavy (non-hydrogen) atoms. The number of hydrogen-bond acceptors (Lipinski definition) is 4. The number of aromatic nitrogens is 1. The van der Waals surface area contributed by atoms with E-state index in [1.54, 1.807) is 18.5 Å². The zero-order valence-corrected chi connectivity index (χ0v) is 12.2. The van der Waals surface area contributed by atoms with Crippen molar-refractivity contribution in [3.63, 3.8) is 0 Å². The summed E-state index contributed by atoms with van der Waals surface area (Å²) in [6, 6.07) is 7.56. The van der Waals surface area contributed by atoms with Gasteiger partial charge >= 0.3 is 0 Å². The molecule has 0 saturated heterocycles. The van der Waals surface area contributed by atoms with Crippen LogP contribution in [-0.2, 0) is 6.54 Å². The van der Waals surface area contributed by atoms with Crippen molar-refractivity contribution in [2.45, 2.75) is 6.54 Å². The van der Waals surface area contributed by atoms with E-state index in [9.17, 15) is 9.18 Å². The number of halogens is 1. The summed E-state index contributed by atoms with van der Waals surface area (Å²) in [6.07, 6.45) is 3.30. The predicted octanol–water partition coefficient (Wildman–Crippen LogP) is 1.86. The van der Waals surface area contributed by atoms with Crippen LogP contribution in [0.25, 0.3) is 0 Å². The lowest BCUT2D eigenvalue weighted by Gasteiger charge is -2.22. The van der Waals surface area contributed by atoms with Crippen LogP contribution in [0.15, 0.2) is 42.7 Å². The number of rotatable bonds is 6. The fraction of sp³-hybridized carbons (Fsp3) is 0.250. The summed E-state index contributed by atoms with van der Waals surface area (Å²) in [6.45, 7) is 0.324. The summed E-state index contributed by atoms with van der Waals surface area (Å²) in [5.74, 6) is -0.826.